The molecule has 5 aliphatic rings. The first-order valence-corrected chi connectivity index (χ1v) is 11.2. The van der Waals surface area contributed by atoms with Crippen LogP contribution in [0.15, 0.2) is 24.3 Å². The van der Waals surface area contributed by atoms with E-state index >= 15 is 0 Å². The van der Waals surface area contributed by atoms with Crippen LogP contribution in [0.5, 0.6) is 0 Å². The molecule has 3 N–H and O–H groups in total. The Kier molecular flexibility index (Phi) is 4.48. The molecule has 1 spiro atoms. The summed E-state index contributed by atoms with van der Waals surface area (Å²) in [6.07, 6.45) is -1.15. The number of fused-ring (bicyclic) bond motifs is 1. The maximum absolute atomic E-state index is 13.0. The molecule has 2 saturated carbocycles. The fourth-order valence-corrected chi connectivity index (χ4v) is 7.01. The third-order valence-electron chi connectivity index (χ3n) is 9.01. The number of ether oxygens (including phenoxy) is 3. The highest BCUT2D eigenvalue weighted by Gasteiger charge is 2.86. The molecule has 1 unspecified atom stereocenters. The van der Waals surface area contributed by atoms with Gasteiger partial charge in [-0.25, -0.2) is 0 Å². The molecule has 5 fully saturated rings. The molecule has 4 bridgehead atoms. The van der Waals surface area contributed by atoms with Gasteiger partial charge in [0.15, 0.2) is 6.29 Å². The van der Waals surface area contributed by atoms with Gasteiger partial charge in [-0.1, -0.05) is 37.6 Å². The molecule has 31 heavy (non-hydrogen) atoms. The van der Waals surface area contributed by atoms with Crippen LogP contribution in [0.25, 0.3) is 0 Å². The first-order valence-electron chi connectivity index (χ1n) is 10.8. The summed E-state index contributed by atoms with van der Waals surface area (Å²) >= 11 is 5.92. The summed E-state index contributed by atoms with van der Waals surface area (Å²) < 4.78 is 17.9. The van der Waals surface area contributed by atoms with E-state index in [0.717, 1.165) is 0 Å². The topological polar surface area (TPSA) is 105 Å². The smallest absolute Gasteiger partial charge is 0.312 e. The number of rotatable bonds is 3. The average Bonchev–Trinajstić information content (AvgIpc) is 2.91. The van der Waals surface area contributed by atoms with Crippen molar-refractivity contribution in [2.24, 2.45) is 16.7 Å². The molecule has 0 aromatic heterocycles. The van der Waals surface area contributed by atoms with Crippen LogP contribution >= 0.6 is 11.6 Å². The van der Waals surface area contributed by atoms with Gasteiger partial charge in [0.25, 0.3) is 0 Å². The van der Waals surface area contributed by atoms with Gasteiger partial charge in [0.2, 0.25) is 5.79 Å². The molecule has 1 aromatic carbocycles. The Morgan fingerprint density at radius 1 is 1.26 bits per heavy atom. The molecule has 3 heterocycles. The Morgan fingerprint density at radius 3 is 2.61 bits per heavy atom. The summed E-state index contributed by atoms with van der Waals surface area (Å²) in [7, 11) is 0. The van der Waals surface area contributed by atoms with Crippen LogP contribution in [0.3, 0.4) is 0 Å². The SMILES string of the molecule is C[C@@H]1CC[C@@]2(O)[C@]13C[C@@]1(OC(=O)Cc4ccc(Cl)cc4)OC(OC[C@@]2(C)[C@@]1(C)O)[C@@H]3O. The standard InChI is InChI=1S/C23H29ClO7/c1-13-8-9-22(28)19(2)12-29-18-17(26)21(13,22)11-23(31-18,20(19,3)27)30-16(25)10-14-4-6-15(24)7-5-14/h4-7,13,17-18,26-28H,8-12H2,1-3H3/t13-,17+,18?,19+,20-,21-,22+,23-/m1/s1. The fourth-order valence-electron chi connectivity index (χ4n) is 6.89. The number of aliphatic hydroxyl groups excluding tert-OH is 1. The van der Waals surface area contributed by atoms with Gasteiger partial charge in [-0.15, -0.1) is 0 Å². The van der Waals surface area contributed by atoms with E-state index in [0.29, 0.717) is 23.4 Å². The summed E-state index contributed by atoms with van der Waals surface area (Å²) in [6.45, 7) is 5.24. The second-order valence-electron chi connectivity index (χ2n) is 10.2. The van der Waals surface area contributed by atoms with Crippen LogP contribution in [-0.4, -0.2) is 57.3 Å². The van der Waals surface area contributed by atoms with Crippen molar-refractivity contribution in [1.29, 1.82) is 0 Å². The van der Waals surface area contributed by atoms with E-state index in [2.05, 4.69) is 0 Å². The Bertz CT molecular complexity index is 919. The minimum atomic E-state index is -1.76. The lowest BCUT2D eigenvalue weighted by Gasteiger charge is -2.69. The second kappa shape index (κ2) is 6.43. The molecular weight excluding hydrogens is 424 g/mol. The zero-order valence-electron chi connectivity index (χ0n) is 17.9. The van der Waals surface area contributed by atoms with Crippen molar-refractivity contribution >= 4 is 17.6 Å². The number of carbonyl (C=O) groups excluding carboxylic acids is 1. The largest absolute Gasteiger partial charge is 0.429 e. The number of hydrogen-bond donors (Lipinski definition) is 3. The summed E-state index contributed by atoms with van der Waals surface area (Å²) in [5, 5.41) is 35.7. The summed E-state index contributed by atoms with van der Waals surface area (Å²) in [6, 6.07) is 6.85. The molecule has 2 aliphatic carbocycles. The van der Waals surface area contributed by atoms with Crippen molar-refractivity contribution in [2.75, 3.05) is 6.61 Å². The first-order chi connectivity index (χ1) is 14.4. The molecule has 3 saturated heterocycles. The lowest BCUT2D eigenvalue weighted by atomic mass is 9.43. The maximum atomic E-state index is 13.0. The molecule has 3 aliphatic heterocycles. The monoisotopic (exact) mass is 452 g/mol. The van der Waals surface area contributed by atoms with E-state index in [1.807, 2.05) is 6.92 Å². The van der Waals surface area contributed by atoms with E-state index in [4.69, 9.17) is 25.8 Å². The highest BCUT2D eigenvalue weighted by molar-refractivity contribution is 6.30. The molecule has 170 valence electrons. The van der Waals surface area contributed by atoms with Crippen molar-refractivity contribution in [1.82, 2.24) is 0 Å². The number of carbonyl (C=O) groups is 1. The van der Waals surface area contributed by atoms with Crippen molar-refractivity contribution in [2.45, 2.75) is 75.8 Å². The number of halogens is 1. The zero-order chi connectivity index (χ0) is 22.4. The third-order valence-corrected chi connectivity index (χ3v) is 9.26. The van der Waals surface area contributed by atoms with Gasteiger partial charge in [0.1, 0.15) is 11.7 Å². The number of aliphatic hydroxyl groups is 3. The van der Waals surface area contributed by atoms with E-state index in [9.17, 15) is 20.1 Å². The van der Waals surface area contributed by atoms with Crippen LogP contribution in [0, 0.1) is 16.7 Å². The van der Waals surface area contributed by atoms with Crippen LogP contribution in [0.2, 0.25) is 5.02 Å². The lowest BCUT2D eigenvalue weighted by Crippen LogP contribution is -2.83. The highest BCUT2D eigenvalue weighted by atomic mass is 35.5. The highest BCUT2D eigenvalue weighted by Crippen LogP contribution is 2.74. The fraction of sp³-hybridized carbons (Fsp3) is 0.696. The summed E-state index contributed by atoms with van der Waals surface area (Å²) in [5.41, 5.74) is -4.69. The molecule has 0 radical (unpaired) electrons. The van der Waals surface area contributed by atoms with Gasteiger partial charge in [0, 0.05) is 16.9 Å². The first kappa shape index (κ1) is 21.6. The number of esters is 1. The van der Waals surface area contributed by atoms with E-state index in [1.165, 1.54) is 6.92 Å². The zero-order valence-corrected chi connectivity index (χ0v) is 18.7. The van der Waals surface area contributed by atoms with Crippen molar-refractivity contribution < 1.29 is 34.3 Å². The average molecular weight is 453 g/mol. The molecule has 8 heteroatoms. The predicted molar refractivity (Wildman–Crippen MR) is 110 cm³/mol. The molecule has 1 aromatic rings. The third kappa shape index (κ3) is 2.40. The Hall–Kier alpha value is -1.22. The quantitative estimate of drug-likeness (QED) is 0.603. The van der Waals surface area contributed by atoms with Crippen LogP contribution in [-0.2, 0) is 25.4 Å². The van der Waals surface area contributed by atoms with Crippen molar-refractivity contribution in [3.05, 3.63) is 34.9 Å². The van der Waals surface area contributed by atoms with Gasteiger partial charge in [-0.05, 0) is 43.4 Å². The second-order valence-corrected chi connectivity index (χ2v) is 10.6. The van der Waals surface area contributed by atoms with E-state index < -0.39 is 46.2 Å². The summed E-state index contributed by atoms with van der Waals surface area (Å²) in [5.74, 6) is -2.41. The van der Waals surface area contributed by atoms with Gasteiger partial charge >= 0.3 is 5.97 Å². The Balaban J connectivity index is 1.57. The number of hydrogen-bond acceptors (Lipinski definition) is 7. The van der Waals surface area contributed by atoms with Crippen molar-refractivity contribution in [3.8, 4) is 0 Å². The van der Waals surface area contributed by atoms with Gasteiger partial charge in [-0.3, -0.25) is 4.79 Å². The van der Waals surface area contributed by atoms with E-state index in [1.54, 1.807) is 31.2 Å². The summed E-state index contributed by atoms with van der Waals surface area (Å²) in [4.78, 5) is 13.0. The minimum absolute atomic E-state index is 0.00631. The van der Waals surface area contributed by atoms with Gasteiger partial charge in [0.05, 0.1) is 24.0 Å². The normalized spacial score (nSPS) is 50.2. The molecule has 8 atom stereocenters. The number of benzene rings is 1. The van der Waals surface area contributed by atoms with Crippen LogP contribution < -0.4 is 0 Å². The van der Waals surface area contributed by atoms with E-state index in [-0.39, 0.29) is 25.4 Å². The minimum Gasteiger partial charge on any atom is -0.429 e. The molecule has 0 amide bonds. The van der Waals surface area contributed by atoms with Crippen LogP contribution in [0.4, 0.5) is 0 Å². The Labute approximate surface area is 186 Å². The molecule has 7 nitrogen and oxygen atoms in total. The Morgan fingerprint density at radius 2 is 1.94 bits per heavy atom. The van der Waals surface area contributed by atoms with Gasteiger partial charge < -0.3 is 29.5 Å². The van der Waals surface area contributed by atoms with Gasteiger partial charge in [-0.2, -0.15) is 0 Å². The molecule has 6 rings (SSSR count). The predicted octanol–water partition coefficient (Wildman–Crippen LogP) is 2.18. The maximum Gasteiger partial charge on any atom is 0.312 e. The molecular formula is C23H29ClO7. The lowest BCUT2D eigenvalue weighted by molar-refractivity contribution is -0.447. The van der Waals surface area contributed by atoms with Crippen molar-refractivity contribution in [3.63, 3.8) is 0 Å². The van der Waals surface area contributed by atoms with Crippen LogP contribution in [0.1, 0.15) is 45.6 Å².